The minimum Gasteiger partial charge on any atom is -0.372 e. The molecule has 5 heteroatoms. The number of nitriles is 2. The number of aromatic nitrogens is 1. The van der Waals surface area contributed by atoms with Crippen LogP contribution in [0, 0.1) is 29.6 Å². The van der Waals surface area contributed by atoms with Gasteiger partial charge in [-0.1, -0.05) is 12.1 Å². The van der Waals surface area contributed by atoms with Crippen LogP contribution < -0.4 is 15.6 Å². The van der Waals surface area contributed by atoms with Crippen molar-refractivity contribution in [2.24, 2.45) is 0 Å². The summed E-state index contributed by atoms with van der Waals surface area (Å²) in [5.41, 5.74) is 13.4. The lowest BCUT2D eigenvalue weighted by Crippen LogP contribution is -2.21. The first kappa shape index (κ1) is 19.2. The second kappa shape index (κ2) is 7.58. The molecule has 2 aromatic rings. The average molecular weight is 370 g/mol. The van der Waals surface area contributed by atoms with Gasteiger partial charge in [-0.25, -0.2) is 4.98 Å². The maximum absolute atomic E-state index is 9.66. The Morgan fingerprint density at radius 2 is 1.71 bits per heavy atom. The summed E-state index contributed by atoms with van der Waals surface area (Å²) in [4.78, 5) is 5.36. The number of hydrogen-bond acceptors (Lipinski definition) is 4. The van der Waals surface area contributed by atoms with Gasteiger partial charge in [0.1, 0.15) is 23.3 Å². The summed E-state index contributed by atoms with van der Waals surface area (Å²) in [7, 11) is 0. The molecule has 1 aromatic heterocycles. The molecule has 28 heavy (non-hydrogen) atoms. The highest BCUT2D eigenvalue weighted by molar-refractivity contribution is 6.07. The number of nitrogens with zero attached hydrogens (tertiary/aromatic N) is 3. The van der Waals surface area contributed by atoms with Crippen LogP contribution in [0.3, 0.4) is 0 Å². The smallest absolute Gasteiger partial charge is 0.289 e. The minimum atomic E-state index is 0.295. The summed E-state index contributed by atoms with van der Waals surface area (Å²) in [5.74, 6) is 0.295. The molecule has 0 saturated heterocycles. The van der Waals surface area contributed by atoms with Crippen molar-refractivity contribution in [3.8, 4) is 12.1 Å². The number of nitrogen functional groups attached to an aromatic ring is 1. The summed E-state index contributed by atoms with van der Waals surface area (Å²) in [6.07, 6.45) is 2.07. The number of fused-ring (bicyclic) bond motifs is 1. The van der Waals surface area contributed by atoms with Crippen LogP contribution in [0.2, 0.25) is 0 Å². The molecule has 1 aliphatic rings. The van der Waals surface area contributed by atoms with Crippen LogP contribution in [0.15, 0.2) is 29.8 Å². The number of nitrogens with two attached hydrogens (primary N) is 1. The van der Waals surface area contributed by atoms with Crippen molar-refractivity contribution < 1.29 is 4.98 Å². The normalized spacial score (nSPS) is 14.0. The molecule has 140 valence electrons. The fourth-order valence-corrected chi connectivity index (χ4v) is 3.81. The molecule has 5 nitrogen and oxygen atoms in total. The van der Waals surface area contributed by atoms with Gasteiger partial charge in [0.2, 0.25) is 0 Å². The van der Waals surface area contributed by atoms with E-state index in [0.29, 0.717) is 22.6 Å². The summed E-state index contributed by atoms with van der Waals surface area (Å²) in [5, 5.41) is 19.1. The number of rotatable bonds is 4. The van der Waals surface area contributed by atoms with E-state index in [1.54, 1.807) is 0 Å². The van der Waals surface area contributed by atoms with E-state index in [0.717, 1.165) is 40.9 Å². The number of nitrogens with one attached hydrogen (secondary N) is 1. The van der Waals surface area contributed by atoms with Crippen molar-refractivity contribution in [2.75, 3.05) is 23.7 Å². The highest BCUT2D eigenvalue weighted by Gasteiger charge is 2.32. The number of benzene rings is 1. The van der Waals surface area contributed by atoms with E-state index in [9.17, 15) is 10.5 Å². The van der Waals surface area contributed by atoms with Crippen LogP contribution in [0.1, 0.15) is 48.7 Å². The fraction of sp³-hybridized carbons (Fsp3) is 0.261. The van der Waals surface area contributed by atoms with Gasteiger partial charge in [0.15, 0.2) is 5.69 Å². The SMILES string of the molecule is CCN(CC)c1ccc(C=C2C(C)=C(C#N)c3[nH+]c(N)c(C#N)c(C)c32)cc1. The van der Waals surface area contributed by atoms with E-state index in [2.05, 4.69) is 66.2 Å². The van der Waals surface area contributed by atoms with Gasteiger partial charge in [0, 0.05) is 24.3 Å². The van der Waals surface area contributed by atoms with Crippen LogP contribution in [-0.4, -0.2) is 13.1 Å². The van der Waals surface area contributed by atoms with Gasteiger partial charge >= 0.3 is 0 Å². The molecule has 0 radical (unpaired) electrons. The molecule has 3 N–H and O–H groups in total. The van der Waals surface area contributed by atoms with Crippen LogP contribution in [0.4, 0.5) is 11.5 Å². The average Bonchev–Trinajstić information content (AvgIpc) is 2.95. The van der Waals surface area contributed by atoms with Crippen LogP contribution in [0.5, 0.6) is 0 Å². The molecule has 1 heterocycles. The Morgan fingerprint density at radius 1 is 1.07 bits per heavy atom. The zero-order valence-corrected chi connectivity index (χ0v) is 16.7. The maximum atomic E-state index is 9.66. The zero-order chi connectivity index (χ0) is 20.4. The topological polar surface area (TPSA) is 91.0 Å². The largest absolute Gasteiger partial charge is 0.372 e. The molecular weight excluding hydrogens is 346 g/mol. The maximum Gasteiger partial charge on any atom is 0.289 e. The highest BCUT2D eigenvalue weighted by Crippen LogP contribution is 2.42. The van der Waals surface area contributed by atoms with Gasteiger partial charge in [-0.3, -0.25) is 5.73 Å². The zero-order valence-electron chi connectivity index (χ0n) is 16.7. The predicted octanol–water partition coefficient (Wildman–Crippen LogP) is 3.96. The molecule has 1 aliphatic carbocycles. The van der Waals surface area contributed by atoms with E-state index in [4.69, 9.17) is 5.73 Å². The molecule has 0 atom stereocenters. The molecule has 0 bridgehead atoms. The minimum absolute atomic E-state index is 0.295. The van der Waals surface area contributed by atoms with Crippen molar-refractivity contribution >= 4 is 28.7 Å². The van der Waals surface area contributed by atoms with E-state index in [-0.39, 0.29) is 0 Å². The Morgan fingerprint density at radius 3 is 2.25 bits per heavy atom. The van der Waals surface area contributed by atoms with Gasteiger partial charge in [-0.2, -0.15) is 10.5 Å². The molecule has 3 rings (SSSR count). The van der Waals surface area contributed by atoms with Gasteiger partial charge in [-0.05, 0) is 68.2 Å². The Balaban J connectivity index is 2.15. The van der Waals surface area contributed by atoms with Crippen molar-refractivity contribution in [2.45, 2.75) is 27.7 Å². The lowest BCUT2D eigenvalue weighted by atomic mass is 9.95. The quantitative estimate of drug-likeness (QED) is 0.882. The number of hydrogen-bond donors (Lipinski definition) is 1. The van der Waals surface area contributed by atoms with Gasteiger partial charge in [0.25, 0.3) is 5.82 Å². The molecule has 0 amide bonds. The summed E-state index contributed by atoms with van der Waals surface area (Å²) in [6, 6.07) is 12.8. The summed E-state index contributed by atoms with van der Waals surface area (Å²) in [6.45, 7) is 10.0. The first-order valence-electron chi connectivity index (χ1n) is 9.40. The molecule has 1 aromatic carbocycles. The van der Waals surface area contributed by atoms with E-state index in [1.807, 2.05) is 13.8 Å². The fourth-order valence-electron chi connectivity index (χ4n) is 3.81. The van der Waals surface area contributed by atoms with Gasteiger partial charge in [0.05, 0.1) is 0 Å². The van der Waals surface area contributed by atoms with Crippen molar-refractivity contribution in [1.29, 1.82) is 10.5 Å². The predicted molar refractivity (Wildman–Crippen MR) is 113 cm³/mol. The van der Waals surface area contributed by atoms with Crippen LogP contribution in [0.25, 0.3) is 17.2 Å². The van der Waals surface area contributed by atoms with E-state index >= 15 is 0 Å². The number of aromatic amines is 1. The number of pyridine rings is 1. The molecule has 0 aliphatic heterocycles. The highest BCUT2D eigenvalue weighted by atomic mass is 15.1. The third-order valence-electron chi connectivity index (χ3n) is 5.38. The second-order valence-electron chi connectivity index (χ2n) is 6.83. The lowest BCUT2D eigenvalue weighted by Gasteiger charge is -2.21. The Kier molecular flexibility index (Phi) is 5.20. The molecular formula is C23H24N5+. The first-order chi connectivity index (χ1) is 13.5. The summed E-state index contributed by atoms with van der Waals surface area (Å²) < 4.78 is 0. The first-order valence-corrected chi connectivity index (χ1v) is 9.40. The molecule has 0 fully saturated rings. The number of allylic oxidation sites excluding steroid dienone is 3. The molecule has 0 spiro atoms. The third kappa shape index (κ3) is 3.02. The Bertz CT molecular complexity index is 1070. The Labute approximate surface area is 166 Å². The van der Waals surface area contributed by atoms with Crippen LogP contribution >= 0.6 is 0 Å². The monoisotopic (exact) mass is 370 g/mol. The lowest BCUT2D eigenvalue weighted by molar-refractivity contribution is -0.364. The van der Waals surface area contributed by atoms with Gasteiger partial charge in [-0.15, -0.1) is 0 Å². The molecule has 0 saturated carbocycles. The summed E-state index contributed by atoms with van der Waals surface area (Å²) >= 11 is 0. The van der Waals surface area contributed by atoms with E-state index < -0.39 is 0 Å². The third-order valence-corrected chi connectivity index (χ3v) is 5.38. The van der Waals surface area contributed by atoms with Gasteiger partial charge < -0.3 is 4.90 Å². The van der Waals surface area contributed by atoms with Crippen LogP contribution in [-0.2, 0) is 0 Å². The number of anilines is 2. The van der Waals surface area contributed by atoms with Crippen molar-refractivity contribution in [1.82, 2.24) is 0 Å². The standard InChI is InChI=1S/C23H23N5/c1-5-28(6-2)17-9-7-16(8-10-17)11-18-14(3)19(12-24)22-21(18)15(4)20(13-25)23(26)27-22/h7-11H,5-6H2,1-4H3,(H2,26,27)/p+1. The number of H-pyrrole nitrogens is 1. The van der Waals surface area contributed by atoms with Crippen molar-refractivity contribution in [3.63, 3.8) is 0 Å². The van der Waals surface area contributed by atoms with Crippen molar-refractivity contribution in [3.05, 3.63) is 57.8 Å². The second-order valence-corrected chi connectivity index (χ2v) is 6.83. The molecule has 0 unspecified atom stereocenters. The van der Waals surface area contributed by atoms with E-state index in [1.165, 1.54) is 5.69 Å². The Hall–Kier alpha value is -3.57.